The number of carboxylic acids is 1. The highest BCUT2D eigenvalue weighted by Crippen LogP contribution is 2.40. The first-order valence-electron chi connectivity index (χ1n) is 24.2. The van der Waals surface area contributed by atoms with Crippen LogP contribution in [-0.4, -0.2) is 99.7 Å². The third kappa shape index (κ3) is 37.0. The van der Waals surface area contributed by atoms with Crippen molar-refractivity contribution < 1.29 is 156 Å². The molecule has 0 bridgehead atoms. The third-order valence-electron chi connectivity index (χ3n) is 10.6. The number of benzene rings is 4. The van der Waals surface area contributed by atoms with Crippen LogP contribution in [0.1, 0.15) is 137 Å². The number of hydrogen-bond acceptors (Lipinski definition) is 21. The van der Waals surface area contributed by atoms with Gasteiger partial charge in [0.15, 0.2) is 0 Å². The number of ether oxygens (including phenoxy) is 3. The molecule has 40 heteroatoms. The predicted molar refractivity (Wildman–Crippen MR) is 328 cm³/mol. The summed E-state index contributed by atoms with van der Waals surface area (Å²) >= 11 is 8.65. The van der Waals surface area contributed by atoms with E-state index in [1.165, 1.54) is 70.5 Å². The van der Waals surface area contributed by atoms with Gasteiger partial charge in [-0.1, -0.05) is 89.9 Å². The number of carbonyl (C=O) groups excluding carboxylic acids is 11. The minimum atomic E-state index is -5.67. The number of aryl methyl sites for hydroxylation is 3. The summed E-state index contributed by atoms with van der Waals surface area (Å²) in [5.41, 5.74) is -1.57. The lowest BCUT2D eigenvalue weighted by Gasteiger charge is -2.34. The predicted octanol–water partition coefficient (Wildman–Crippen LogP) is 11.8. The summed E-state index contributed by atoms with van der Waals surface area (Å²) in [6, 6.07) is 11.8. The second-order valence-electron chi connectivity index (χ2n) is 18.3. The fraction of sp³-hybridized carbons (Fsp3) is 0.429. The first-order valence-corrected chi connectivity index (χ1v) is 28.2. The highest BCUT2D eigenvalue weighted by atomic mass is 127. The van der Waals surface area contributed by atoms with Gasteiger partial charge < -0.3 is 38.3 Å². The van der Waals surface area contributed by atoms with E-state index in [4.69, 9.17) is 62.2 Å². The van der Waals surface area contributed by atoms with Crippen LogP contribution in [0.4, 0.5) is 52.2 Å². The van der Waals surface area contributed by atoms with E-state index in [-0.39, 0.29) is 143 Å². The molecule has 2 heterocycles. The average Bonchev–Trinajstić information content (AvgIpc) is 1.28. The van der Waals surface area contributed by atoms with Gasteiger partial charge in [0.1, 0.15) is 19.8 Å². The zero-order valence-electron chi connectivity index (χ0n) is 48.7. The number of carbonyl (C=O) groups is 4. The minimum Gasteiger partial charge on any atom is -0.478 e. The molecule has 6 rings (SSSR count). The molecule has 2 aliphatic rings. The molecule has 2 aliphatic heterocycles. The number of aromatic carboxylic acids is 1. The number of rotatable bonds is 9. The van der Waals surface area contributed by atoms with Gasteiger partial charge in [0, 0.05) is 80.9 Å². The highest BCUT2D eigenvalue weighted by Gasteiger charge is 2.46. The molecule has 22 nitrogen and oxygen atoms in total. The maximum absolute atomic E-state index is 13.6. The van der Waals surface area contributed by atoms with Crippen molar-refractivity contribution in [3.8, 4) is 0 Å². The van der Waals surface area contributed by atoms with Gasteiger partial charge in [0.2, 0.25) is 0 Å². The largest absolute Gasteiger partial charge is 0.494 e. The number of hydrogen-bond donors (Lipinski definition) is 2. The molecular weight excluding hydrogens is 1590 g/mol. The van der Waals surface area contributed by atoms with Crippen molar-refractivity contribution >= 4 is 138 Å². The third-order valence-corrected chi connectivity index (χ3v) is 15.4. The molecule has 2 N–H and O–H groups in total. The number of fused-ring (bicyclic) bond motifs is 1. The molecule has 0 radical (unpaired) electrons. The second kappa shape index (κ2) is 47.1. The summed E-state index contributed by atoms with van der Waals surface area (Å²) in [4.78, 5) is 108. The van der Waals surface area contributed by atoms with Gasteiger partial charge in [0.05, 0.1) is 28.9 Å². The van der Waals surface area contributed by atoms with Crippen molar-refractivity contribution in [1.29, 1.82) is 0 Å². The van der Waals surface area contributed by atoms with E-state index < -0.39 is 93.9 Å². The maximum atomic E-state index is 13.6. The Kier molecular flexibility index (Phi) is 50.3. The van der Waals surface area contributed by atoms with Crippen molar-refractivity contribution in [2.24, 2.45) is 5.41 Å². The van der Waals surface area contributed by atoms with Crippen LogP contribution in [0.5, 0.6) is 0 Å². The van der Waals surface area contributed by atoms with E-state index >= 15 is 0 Å². The maximum Gasteiger partial charge on any atom is 0.494 e. The summed E-state index contributed by atoms with van der Waals surface area (Å²) < 4.78 is 202. The molecule has 0 aromatic heterocycles. The zero-order valence-corrected chi connectivity index (χ0v) is 54.8. The van der Waals surface area contributed by atoms with Crippen molar-refractivity contribution in [2.75, 3.05) is 13.2 Å². The molecule has 538 valence electrons. The summed E-state index contributed by atoms with van der Waals surface area (Å²) in [5, 5.41) is 13.8. The lowest BCUT2D eigenvalue weighted by molar-refractivity contribution is -0.193. The van der Waals surface area contributed by atoms with Crippen LogP contribution in [0.3, 0.4) is 0 Å². The van der Waals surface area contributed by atoms with E-state index in [0.717, 1.165) is 19.7 Å². The van der Waals surface area contributed by atoms with Crippen LogP contribution in [-0.2, 0) is 136 Å². The SMILES string of the molecule is C.C.C.C.CC(=O)OCc1ccc(C)c(C(F)(F)F)c1B1OCC(C)(C)CO1.CC(=O)OCc1ccc(C)c(C(F)(F)F)c1Br.CC(=O)OCc1ccc(C)c(I)c1Br.CC(F)(F)S(=O)(=O)F.O=C(O)c1ccc2c(c1C(F)(F)F)B(O)OC2.O=C=O.O=C=O.O=C=O.O=C=O. The molecule has 0 saturated carbocycles. The molecule has 4 aromatic carbocycles. The molecule has 0 atom stereocenters. The van der Waals surface area contributed by atoms with Crippen LogP contribution in [0.25, 0.3) is 0 Å². The molecule has 4 aromatic rings. The van der Waals surface area contributed by atoms with Gasteiger partial charge >= 0.3 is 96.7 Å². The number of halogens is 15. The molecular formula is C56H65B2Br2F12IO22S. The summed E-state index contributed by atoms with van der Waals surface area (Å²) in [6.45, 7) is 12.7. The molecule has 0 spiro atoms. The fourth-order valence-corrected chi connectivity index (χ4v) is 8.59. The molecule has 0 aliphatic carbocycles. The van der Waals surface area contributed by atoms with E-state index in [2.05, 4.69) is 63.8 Å². The van der Waals surface area contributed by atoms with Gasteiger partial charge in [0.25, 0.3) is 0 Å². The van der Waals surface area contributed by atoms with E-state index in [1.54, 1.807) is 0 Å². The van der Waals surface area contributed by atoms with Crippen LogP contribution in [0.2, 0.25) is 0 Å². The van der Waals surface area contributed by atoms with Gasteiger partial charge in [-0.2, -0.15) is 95.1 Å². The molecule has 1 saturated heterocycles. The van der Waals surface area contributed by atoms with Gasteiger partial charge in [-0.25, -0.2) is 4.79 Å². The monoisotopic (exact) mass is 1660 g/mol. The first-order chi connectivity index (χ1) is 42.0. The van der Waals surface area contributed by atoms with Gasteiger partial charge in [-0.15, -0.1) is 0 Å². The lowest BCUT2D eigenvalue weighted by atomic mass is 9.69. The quantitative estimate of drug-likeness (QED) is 0.0392. The van der Waals surface area contributed by atoms with Crippen molar-refractivity contribution in [3.63, 3.8) is 0 Å². The standard InChI is InChI=1S/C16H20BF3O4.C11H10BrF3O2.C10H10BrIO2.C9H6BF3O4.C2H3F3O2S.4CO2.4CH4/c1-10-5-6-12(7-22-11(2)21)14(13(10)16(18,19)20)17-23-8-15(3,4)9-24-17;1-6-3-4-8(5-17-7(2)16)10(12)9(6)11(13,14)15;1-6-3-4-8(5-14-7(2)13)9(11)10(6)12;11-9(12,13)6-5(8(14)15)2-1-4-3-17-10(16)7(4)6;1-2(3,4)8(5,6)7;4*2-1-3;;;;/h5-6H,7-9H2,1-4H3;3-4H,5H2,1-2H3;3-4H,5H2,1-2H3;1-2,16H,3H2,(H,14,15);1H3;;;;;4*1H4. The Bertz CT molecular complexity index is 3360. The normalized spacial score (nSPS) is 12.1. The number of carboxylic acid groups (broad SMARTS) is 1. The van der Waals surface area contributed by atoms with Gasteiger partial charge in [-0.3, -0.25) is 14.4 Å². The first kappa shape index (κ1) is 103. The van der Waals surface area contributed by atoms with Crippen molar-refractivity contribution in [1.82, 2.24) is 0 Å². The second-order valence-corrected chi connectivity index (χ2v) is 22.5. The molecule has 96 heavy (non-hydrogen) atoms. The van der Waals surface area contributed by atoms with Crippen LogP contribution < -0.4 is 10.9 Å². The van der Waals surface area contributed by atoms with E-state index in [9.17, 15) is 84.8 Å². The van der Waals surface area contributed by atoms with Crippen LogP contribution in [0, 0.1) is 29.8 Å². The zero-order chi connectivity index (χ0) is 72.7. The van der Waals surface area contributed by atoms with Crippen LogP contribution in [0.15, 0.2) is 57.5 Å². The van der Waals surface area contributed by atoms with Crippen molar-refractivity contribution in [2.45, 2.75) is 142 Å². The van der Waals surface area contributed by atoms with Crippen molar-refractivity contribution in [3.05, 3.63) is 122 Å². The topological polar surface area (TPSA) is 335 Å². The Hall–Kier alpha value is -6.95. The van der Waals surface area contributed by atoms with E-state index in [0.29, 0.717) is 6.61 Å². The Morgan fingerprint density at radius 2 is 0.896 bits per heavy atom. The number of alkyl halides is 11. The van der Waals surface area contributed by atoms with E-state index in [1.807, 2.05) is 32.9 Å². The Labute approximate surface area is 574 Å². The Balaban J connectivity index is -0.000000201. The smallest absolute Gasteiger partial charge is 0.478 e. The summed E-state index contributed by atoms with van der Waals surface area (Å²) in [5.74, 6) is -3.06. The summed E-state index contributed by atoms with van der Waals surface area (Å²) in [6.07, 6.45) is -12.9. The number of esters is 3. The van der Waals surface area contributed by atoms with Crippen LogP contribution >= 0.6 is 54.5 Å². The lowest BCUT2D eigenvalue weighted by Crippen LogP contribution is -2.51. The Morgan fingerprint density at radius 3 is 1.23 bits per heavy atom. The minimum absolute atomic E-state index is 0. The average molecular weight is 1660 g/mol. The Morgan fingerprint density at radius 1 is 0.573 bits per heavy atom. The summed E-state index contributed by atoms with van der Waals surface area (Å²) in [7, 11) is -8.55. The molecule has 1 fully saturated rings. The molecule has 0 unspecified atom stereocenters. The highest BCUT2D eigenvalue weighted by molar-refractivity contribution is 14.1. The molecule has 0 amide bonds. The fourth-order valence-electron chi connectivity index (χ4n) is 6.72. The van der Waals surface area contributed by atoms with Gasteiger partial charge in [-0.05, 0) is 109 Å².